The molecule has 0 radical (unpaired) electrons. The first kappa shape index (κ1) is 13.8. The number of hydrogen-bond acceptors (Lipinski definition) is 3. The van der Waals surface area contributed by atoms with E-state index in [-0.39, 0.29) is 11.9 Å². The third kappa shape index (κ3) is 3.66. The number of thiophene rings is 1. The van der Waals surface area contributed by atoms with E-state index >= 15 is 0 Å². The molecule has 2 aromatic rings. The largest absolute Gasteiger partial charge is 0.350 e. The van der Waals surface area contributed by atoms with Gasteiger partial charge in [0.15, 0.2) is 0 Å². The number of nitrogens with zero attached hydrogens (tertiary/aromatic N) is 1. The standard InChI is InChI=1S/C15H18N2OS/c1-17(2)13(14-9-6-10-19-14)11-16-15(18)12-7-4-3-5-8-12/h3-10,13H,11H2,1-2H3,(H,16,18). The van der Waals surface area contributed by atoms with Gasteiger partial charge >= 0.3 is 0 Å². The zero-order valence-electron chi connectivity index (χ0n) is 11.2. The Morgan fingerprint density at radius 2 is 1.95 bits per heavy atom. The number of likely N-dealkylation sites (N-methyl/N-ethyl adjacent to an activating group) is 1. The summed E-state index contributed by atoms with van der Waals surface area (Å²) in [6, 6.07) is 13.7. The van der Waals surface area contributed by atoms with E-state index in [1.165, 1.54) is 4.88 Å². The molecule has 0 fully saturated rings. The number of nitrogens with one attached hydrogen (secondary N) is 1. The first-order chi connectivity index (χ1) is 9.18. The molecule has 0 bridgehead atoms. The molecule has 0 saturated carbocycles. The minimum absolute atomic E-state index is 0.0241. The minimum atomic E-state index is -0.0241. The number of carbonyl (C=O) groups excluding carboxylic acids is 1. The summed E-state index contributed by atoms with van der Waals surface area (Å²) in [6.07, 6.45) is 0. The van der Waals surface area contributed by atoms with Gasteiger partial charge in [-0.25, -0.2) is 0 Å². The maximum Gasteiger partial charge on any atom is 0.251 e. The van der Waals surface area contributed by atoms with Crippen LogP contribution in [0.4, 0.5) is 0 Å². The monoisotopic (exact) mass is 274 g/mol. The van der Waals surface area contributed by atoms with Crippen molar-refractivity contribution in [3.05, 3.63) is 58.3 Å². The summed E-state index contributed by atoms with van der Waals surface area (Å²) in [5, 5.41) is 5.06. The molecule has 0 saturated heterocycles. The zero-order chi connectivity index (χ0) is 13.7. The van der Waals surface area contributed by atoms with Crippen LogP contribution in [-0.2, 0) is 0 Å². The van der Waals surface area contributed by atoms with E-state index in [4.69, 9.17) is 0 Å². The van der Waals surface area contributed by atoms with Crippen LogP contribution < -0.4 is 5.32 Å². The fourth-order valence-electron chi connectivity index (χ4n) is 1.90. The van der Waals surface area contributed by atoms with Crippen molar-refractivity contribution in [3.63, 3.8) is 0 Å². The summed E-state index contributed by atoms with van der Waals surface area (Å²) in [5.74, 6) is -0.0241. The molecular formula is C15H18N2OS. The van der Waals surface area contributed by atoms with Gasteiger partial charge in [-0.2, -0.15) is 0 Å². The van der Waals surface area contributed by atoms with Crippen molar-refractivity contribution in [2.45, 2.75) is 6.04 Å². The predicted molar refractivity (Wildman–Crippen MR) is 79.5 cm³/mol. The highest BCUT2D eigenvalue weighted by molar-refractivity contribution is 7.10. The normalized spacial score (nSPS) is 12.4. The van der Waals surface area contributed by atoms with Crippen LogP contribution in [0.5, 0.6) is 0 Å². The summed E-state index contributed by atoms with van der Waals surface area (Å²) < 4.78 is 0. The lowest BCUT2D eigenvalue weighted by Gasteiger charge is -2.23. The number of rotatable bonds is 5. The van der Waals surface area contributed by atoms with E-state index in [9.17, 15) is 4.79 Å². The van der Waals surface area contributed by atoms with Crippen LogP contribution in [0, 0.1) is 0 Å². The third-order valence-electron chi connectivity index (χ3n) is 2.99. The molecule has 0 spiro atoms. The third-order valence-corrected chi connectivity index (χ3v) is 3.96. The molecule has 3 nitrogen and oxygen atoms in total. The minimum Gasteiger partial charge on any atom is -0.350 e. The van der Waals surface area contributed by atoms with Crippen molar-refractivity contribution in [1.82, 2.24) is 10.2 Å². The van der Waals surface area contributed by atoms with Crippen molar-refractivity contribution >= 4 is 17.2 Å². The van der Waals surface area contributed by atoms with Crippen LogP contribution in [0.3, 0.4) is 0 Å². The second kappa shape index (κ2) is 6.50. The smallest absolute Gasteiger partial charge is 0.251 e. The highest BCUT2D eigenvalue weighted by atomic mass is 32.1. The molecule has 4 heteroatoms. The van der Waals surface area contributed by atoms with Gasteiger partial charge in [-0.05, 0) is 37.7 Å². The second-order valence-electron chi connectivity index (χ2n) is 4.57. The summed E-state index contributed by atoms with van der Waals surface area (Å²) in [6.45, 7) is 0.612. The summed E-state index contributed by atoms with van der Waals surface area (Å²) >= 11 is 1.71. The number of carbonyl (C=O) groups is 1. The first-order valence-corrected chi connectivity index (χ1v) is 7.09. The second-order valence-corrected chi connectivity index (χ2v) is 5.55. The number of benzene rings is 1. The highest BCUT2D eigenvalue weighted by Gasteiger charge is 2.16. The van der Waals surface area contributed by atoms with Crippen LogP contribution in [0.2, 0.25) is 0 Å². The van der Waals surface area contributed by atoms with Crippen molar-refractivity contribution in [1.29, 1.82) is 0 Å². The summed E-state index contributed by atoms with van der Waals surface area (Å²) in [5.41, 5.74) is 0.700. The van der Waals surface area contributed by atoms with Crippen molar-refractivity contribution in [2.24, 2.45) is 0 Å². The Morgan fingerprint density at radius 1 is 1.21 bits per heavy atom. The van der Waals surface area contributed by atoms with Gasteiger partial charge in [-0.3, -0.25) is 4.79 Å². The van der Waals surface area contributed by atoms with E-state index in [0.29, 0.717) is 12.1 Å². The maximum absolute atomic E-state index is 12.0. The van der Waals surface area contributed by atoms with Crippen molar-refractivity contribution in [3.8, 4) is 0 Å². The van der Waals surface area contributed by atoms with E-state index in [0.717, 1.165) is 0 Å². The van der Waals surface area contributed by atoms with Gasteiger partial charge in [0.05, 0.1) is 6.04 Å². The van der Waals surface area contributed by atoms with E-state index in [2.05, 4.69) is 21.7 Å². The number of amides is 1. The molecule has 1 atom stereocenters. The molecule has 1 aromatic heterocycles. The van der Waals surface area contributed by atoms with Gasteiger partial charge in [0.2, 0.25) is 0 Å². The van der Waals surface area contributed by atoms with Crippen LogP contribution in [0.1, 0.15) is 21.3 Å². The Labute approximate surface area is 117 Å². The lowest BCUT2D eigenvalue weighted by atomic mass is 10.2. The zero-order valence-corrected chi connectivity index (χ0v) is 12.0. The average Bonchev–Trinajstić information content (AvgIpc) is 2.93. The van der Waals surface area contributed by atoms with Crippen LogP contribution >= 0.6 is 11.3 Å². The molecule has 100 valence electrons. The van der Waals surface area contributed by atoms with Crippen molar-refractivity contribution in [2.75, 3.05) is 20.6 Å². The molecule has 1 unspecified atom stereocenters. The molecule has 1 heterocycles. The Bertz CT molecular complexity index is 508. The van der Waals surface area contributed by atoms with E-state index in [1.54, 1.807) is 11.3 Å². The molecule has 0 aliphatic rings. The van der Waals surface area contributed by atoms with Crippen LogP contribution in [0.25, 0.3) is 0 Å². The Hall–Kier alpha value is -1.65. The van der Waals surface area contributed by atoms with Gasteiger partial charge in [0.25, 0.3) is 5.91 Å². The SMILES string of the molecule is CN(C)C(CNC(=O)c1ccccc1)c1cccs1. The Morgan fingerprint density at radius 3 is 2.53 bits per heavy atom. The summed E-state index contributed by atoms with van der Waals surface area (Å²) in [4.78, 5) is 15.4. The molecule has 2 rings (SSSR count). The van der Waals surface area contributed by atoms with E-state index in [1.807, 2.05) is 50.5 Å². The summed E-state index contributed by atoms with van der Waals surface area (Å²) in [7, 11) is 4.05. The van der Waals surface area contributed by atoms with E-state index < -0.39 is 0 Å². The molecule has 1 aromatic carbocycles. The Kier molecular flexibility index (Phi) is 4.71. The van der Waals surface area contributed by atoms with Gasteiger partial charge in [-0.15, -0.1) is 11.3 Å². The molecular weight excluding hydrogens is 256 g/mol. The molecule has 1 N–H and O–H groups in total. The fourth-order valence-corrected chi connectivity index (χ4v) is 2.82. The van der Waals surface area contributed by atoms with Gasteiger partial charge in [-0.1, -0.05) is 24.3 Å². The molecule has 0 aliphatic heterocycles. The lowest BCUT2D eigenvalue weighted by Crippen LogP contribution is -2.34. The molecule has 0 aliphatic carbocycles. The van der Waals surface area contributed by atoms with Crippen molar-refractivity contribution < 1.29 is 4.79 Å². The molecule has 1 amide bonds. The van der Waals surface area contributed by atoms with Gasteiger partial charge in [0, 0.05) is 17.0 Å². The quantitative estimate of drug-likeness (QED) is 0.909. The lowest BCUT2D eigenvalue weighted by molar-refractivity contribution is 0.0942. The van der Waals surface area contributed by atoms with Crippen LogP contribution in [0.15, 0.2) is 47.8 Å². The topological polar surface area (TPSA) is 32.3 Å². The Balaban J connectivity index is 1.98. The first-order valence-electron chi connectivity index (χ1n) is 6.21. The molecule has 19 heavy (non-hydrogen) atoms. The average molecular weight is 274 g/mol. The van der Waals surface area contributed by atoms with Crippen LogP contribution in [-0.4, -0.2) is 31.4 Å². The fraction of sp³-hybridized carbons (Fsp3) is 0.267. The van der Waals surface area contributed by atoms with Gasteiger partial charge < -0.3 is 10.2 Å². The highest BCUT2D eigenvalue weighted by Crippen LogP contribution is 2.22. The van der Waals surface area contributed by atoms with Gasteiger partial charge in [0.1, 0.15) is 0 Å². The maximum atomic E-state index is 12.0. The number of hydrogen-bond donors (Lipinski definition) is 1. The predicted octanol–water partition coefficient (Wildman–Crippen LogP) is 2.78.